The van der Waals surface area contributed by atoms with Crippen LogP contribution in [-0.2, 0) is 9.59 Å². The smallest absolute Gasteiger partial charge is 0.328 e. The van der Waals surface area contributed by atoms with Crippen LogP contribution in [0.2, 0.25) is 0 Å². The van der Waals surface area contributed by atoms with Crippen LogP contribution in [0.25, 0.3) is 34.2 Å². The molecule has 0 saturated carbocycles. The van der Waals surface area contributed by atoms with Crippen LogP contribution < -0.4 is 5.73 Å². The van der Waals surface area contributed by atoms with Crippen molar-refractivity contribution in [3.8, 4) is 11.3 Å². The number of aliphatic carboxylic acids is 2. The zero-order valence-corrected chi connectivity index (χ0v) is 17.8. The van der Waals surface area contributed by atoms with Gasteiger partial charge in [0.1, 0.15) is 5.82 Å². The number of nitrogen functional groups attached to an aromatic ring is 1. The molecule has 0 aliphatic rings. The highest BCUT2D eigenvalue weighted by Crippen LogP contribution is 2.30. The van der Waals surface area contributed by atoms with Crippen LogP contribution >= 0.6 is 0 Å². The highest BCUT2D eigenvalue weighted by Gasteiger charge is 2.10. The number of carbonyl (C=O) groups is 2. The number of carboxylic acids is 2. The molecule has 0 bridgehead atoms. The summed E-state index contributed by atoms with van der Waals surface area (Å²) in [6.07, 6.45) is 4.97. The van der Waals surface area contributed by atoms with Crippen LogP contribution in [0.4, 0.5) is 10.3 Å². The third-order valence-corrected chi connectivity index (χ3v) is 4.52. The highest BCUT2D eigenvalue weighted by atomic mass is 19.1. The molecule has 3 aromatic carbocycles. The van der Waals surface area contributed by atoms with Gasteiger partial charge in [0.25, 0.3) is 0 Å². The lowest BCUT2D eigenvalue weighted by Gasteiger charge is -2.08. The van der Waals surface area contributed by atoms with Crippen LogP contribution in [0.3, 0.4) is 0 Å². The molecule has 170 valence electrons. The molecule has 34 heavy (non-hydrogen) atoms. The van der Waals surface area contributed by atoms with Crippen LogP contribution in [0.5, 0.6) is 0 Å². The Bertz CT molecular complexity index is 1370. The Morgan fingerprint density at radius 1 is 0.794 bits per heavy atom. The molecule has 7 nitrogen and oxygen atoms in total. The third-order valence-electron chi connectivity index (χ3n) is 4.52. The van der Waals surface area contributed by atoms with Crippen molar-refractivity contribution >= 4 is 40.8 Å². The second-order valence-corrected chi connectivity index (χ2v) is 6.93. The third kappa shape index (κ3) is 6.57. The number of nitrogens with two attached hydrogens (primary N) is 1. The number of fused-ring (bicyclic) bond motifs is 1. The molecule has 1 heterocycles. The van der Waals surface area contributed by atoms with E-state index in [-0.39, 0.29) is 11.8 Å². The maximum absolute atomic E-state index is 14.1. The molecule has 0 radical (unpaired) electrons. The van der Waals surface area contributed by atoms with Gasteiger partial charge < -0.3 is 15.9 Å². The summed E-state index contributed by atoms with van der Waals surface area (Å²) >= 11 is 0. The van der Waals surface area contributed by atoms with E-state index in [0.717, 1.165) is 16.5 Å². The largest absolute Gasteiger partial charge is 0.478 e. The summed E-state index contributed by atoms with van der Waals surface area (Å²) in [7, 11) is 0. The van der Waals surface area contributed by atoms with Gasteiger partial charge in [-0.05, 0) is 35.2 Å². The highest BCUT2D eigenvalue weighted by molar-refractivity contribution is 5.96. The Kier molecular flexibility index (Phi) is 7.80. The van der Waals surface area contributed by atoms with Crippen molar-refractivity contribution in [3.05, 3.63) is 102 Å². The molecule has 1 aromatic heterocycles. The van der Waals surface area contributed by atoms with Gasteiger partial charge in [-0.2, -0.15) is 0 Å². The maximum Gasteiger partial charge on any atom is 0.328 e. The number of benzene rings is 3. The molecule has 0 aliphatic heterocycles. The fourth-order valence-electron chi connectivity index (χ4n) is 3.08. The second-order valence-electron chi connectivity index (χ2n) is 6.93. The lowest BCUT2D eigenvalue weighted by molar-refractivity contribution is -0.134. The zero-order valence-electron chi connectivity index (χ0n) is 17.8. The molecule has 0 saturated heterocycles. The number of hydrogen-bond acceptors (Lipinski definition) is 5. The van der Waals surface area contributed by atoms with E-state index in [1.807, 2.05) is 66.7 Å². The second kappa shape index (κ2) is 11.1. The first-order chi connectivity index (χ1) is 16.3. The van der Waals surface area contributed by atoms with Crippen molar-refractivity contribution in [2.45, 2.75) is 0 Å². The maximum atomic E-state index is 14.1. The van der Waals surface area contributed by atoms with Gasteiger partial charge in [-0.25, -0.2) is 23.9 Å². The summed E-state index contributed by atoms with van der Waals surface area (Å²) < 4.78 is 14.1. The SMILES string of the molecule is Nc1nc(C=Cc2ccccc2)cc(-c2ccc(F)c3ccccc23)n1.O=C(O)/C=C\C(=O)O. The van der Waals surface area contributed by atoms with Crippen LogP contribution in [0.1, 0.15) is 11.3 Å². The zero-order chi connectivity index (χ0) is 24.5. The summed E-state index contributed by atoms with van der Waals surface area (Å²) in [5, 5.41) is 17.0. The van der Waals surface area contributed by atoms with E-state index in [0.29, 0.717) is 28.9 Å². The van der Waals surface area contributed by atoms with Crippen molar-refractivity contribution in [2.24, 2.45) is 0 Å². The Morgan fingerprint density at radius 2 is 1.41 bits per heavy atom. The molecule has 0 amide bonds. The fraction of sp³-hybridized carbons (Fsp3) is 0. The Balaban J connectivity index is 0.000000350. The minimum absolute atomic E-state index is 0.184. The first kappa shape index (κ1) is 23.8. The minimum atomic E-state index is -1.26. The number of nitrogens with zero attached hydrogens (tertiary/aromatic N) is 2. The van der Waals surface area contributed by atoms with Crippen LogP contribution in [-0.4, -0.2) is 32.1 Å². The minimum Gasteiger partial charge on any atom is -0.478 e. The molecular formula is C26H20FN3O4. The average molecular weight is 457 g/mol. The van der Waals surface area contributed by atoms with Gasteiger partial charge in [0.2, 0.25) is 5.95 Å². The van der Waals surface area contributed by atoms with E-state index in [9.17, 15) is 14.0 Å². The van der Waals surface area contributed by atoms with Crippen LogP contribution in [0, 0.1) is 5.82 Å². The first-order valence-electron chi connectivity index (χ1n) is 10.0. The summed E-state index contributed by atoms with van der Waals surface area (Å²) in [5.74, 6) is -2.58. The number of rotatable bonds is 5. The summed E-state index contributed by atoms with van der Waals surface area (Å²) in [4.78, 5) is 27.7. The fourth-order valence-corrected chi connectivity index (χ4v) is 3.08. The van der Waals surface area contributed by atoms with Gasteiger partial charge in [0.15, 0.2) is 0 Å². The number of aromatic nitrogens is 2. The molecule has 0 atom stereocenters. The van der Waals surface area contributed by atoms with Crippen molar-refractivity contribution in [2.75, 3.05) is 5.73 Å². The van der Waals surface area contributed by atoms with E-state index in [2.05, 4.69) is 9.97 Å². The topological polar surface area (TPSA) is 126 Å². The molecule has 4 aromatic rings. The number of hydrogen-bond donors (Lipinski definition) is 3. The lowest BCUT2D eigenvalue weighted by Crippen LogP contribution is -1.99. The number of halogens is 1. The predicted molar refractivity (Wildman–Crippen MR) is 129 cm³/mol. The van der Waals surface area contributed by atoms with Gasteiger partial charge in [-0.15, -0.1) is 0 Å². The van der Waals surface area contributed by atoms with Crippen LogP contribution in [0.15, 0.2) is 84.9 Å². The molecule has 4 N–H and O–H groups in total. The standard InChI is InChI=1S/C22H16FN3.C4H4O4/c23-20-13-12-19(17-8-4-5-9-18(17)20)21-14-16(25-22(24)26-21)11-10-15-6-2-1-3-7-15;5-3(6)1-2-4(7)8/h1-14H,(H2,24,25,26);1-2H,(H,5,6)(H,7,8)/b;2-1-. The van der Waals surface area contributed by atoms with Gasteiger partial charge in [0.05, 0.1) is 11.4 Å². The monoisotopic (exact) mass is 457 g/mol. The number of anilines is 1. The number of carboxylic acid groups (broad SMARTS) is 2. The van der Waals surface area contributed by atoms with E-state index in [1.54, 1.807) is 12.1 Å². The molecule has 4 rings (SSSR count). The Hall–Kier alpha value is -4.85. The van der Waals surface area contributed by atoms with Crippen molar-refractivity contribution < 1.29 is 24.2 Å². The Labute approximate surface area is 194 Å². The lowest BCUT2D eigenvalue weighted by atomic mass is 10.0. The average Bonchev–Trinajstić information content (AvgIpc) is 2.83. The van der Waals surface area contributed by atoms with Gasteiger partial charge in [-0.3, -0.25) is 0 Å². The van der Waals surface area contributed by atoms with E-state index >= 15 is 0 Å². The quantitative estimate of drug-likeness (QED) is 0.364. The van der Waals surface area contributed by atoms with Crippen molar-refractivity contribution in [1.82, 2.24) is 9.97 Å². The Morgan fingerprint density at radius 3 is 2.06 bits per heavy atom. The van der Waals surface area contributed by atoms with Gasteiger partial charge >= 0.3 is 11.9 Å². The molecule has 0 unspecified atom stereocenters. The van der Waals surface area contributed by atoms with Gasteiger partial charge in [-0.1, -0.05) is 60.7 Å². The molecule has 0 aliphatic carbocycles. The van der Waals surface area contributed by atoms with E-state index in [1.165, 1.54) is 6.07 Å². The van der Waals surface area contributed by atoms with Crippen molar-refractivity contribution in [1.29, 1.82) is 0 Å². The van der Waals surface area contributed by atoms with E-state index < -0.39 is 11.9 Å². The summed E-state index contributed by atoms with van der Waals surface area (Å²) in [5.41, 5.74) is 9.17. The van der Waals surface area contributed by atoms with Crippen molar-refractivity contribution in [3.63, 3.8) is 0 Å². The molecular weight excluding hydrogens is 437 g/mol. The molecule has 0 spiro atoms. The summed E-state index contributed by atoms with van der Waals surface area (Å²) in [6, 6.07) is 22.3. The van der Waals surface area contributed by atoms with E-state index in [4.69, 9.17) is 15.9 Å². The molecule has 0 fully saturated rings. The predicted octanol–water partition coefficient (Wildman–Crippen LogP) is 4.90. The normalized spacial score (nSPS) is 10.9. The van der Waals surface area contributed by atoms with Gasteiger partial charge in [0, 0.05) is 23.1 Å². The molecule has 8 heteroatoms. The first-order valence-corrected chi connectivity index (χ1v) is 10.0. The summed E-state index contributed by atoms with van der Waals surface area (Å²) in [6.45, 7) is 0.